The van der Waals surface area contributed by atoms with E-state index in [1.807, 2.05) is 41.4 Å². The normalized spacial score (nSPS) is 18.2. The minimum Gasteiger partial charge on any atom is -0.481 e. The molecule has 2 aromatic carbocycles. The predicted octanol–water partition coefficient (Wildman–Crippen LogP) is 6.16. The number of carbonyl (C=O) groups is 1. The highest BCUT2D eigenvalue weighted by Gasteiger charge is 2.35. The SMILES string of the molecule is O=C(O)C1CN(c2nc(-c3ccc(C4=CCC(F)C=C4)cc3)c(-c3cccc4[nH]ccc34)s2)C1. The number of aromatic amines is 1. The number of thiazole rings is 1. The van der Waals surface area contributed by atoms with E-state index in [2.05, 4.69) is 35.3 Å². The number of hydrogen-bond acceptors (Lipinski definition) is 4. The monoisotopic (exact) mass is 471 g/mol. The molecule has 34 heavy (non-hydrogen) atoms. The molecular formula is C27H22FN3O2S. The Labute approximate surface area is 199 Å². The fourth-order valence-corrected chi connectivity index (χ4v) is 5.67. The molecule has 3 heterocycles. The van der Waals surface area contributed by atoms with E-state index in [0.717, 1.165) is 48.9 Å². The summed E-state index contributed by atoms with van der Waals surface area (Å²) >= 11 is 1.60. The van der Waals surface area contributed by atoms with Crippen LogP contribution in [-0.2, 0) is 4.79 Å². The van der Waals surface area contributed by atoms with Gasteiger partial charge in [0.2, 0.25) is 0 Å². The van der Waals surface area contributed by atoms with Crippen LogP contribution in [0.4, 0.5) is 9.52 Å². The first kappa shape index (κ1) is 20.9. The third kappa shape index (κ3) is 3.62. The van der Waals surface area contributed by atoms with Gasteiger partial charge in [-0.2, -0.15) is 0 Å². The second-order valence-corrected chi connectivity index (χ2v) is 9.68. The largest absolute Gasteiger partial charge is 0.481 e. The van der Waals surface area contributed by atoms with Crippen molar-refractivity contribution < 1.29 is 14.3 Å². The number of nitrogens with zero attached hydrogens (tertiary/aromatic N) is 2. The number of nitrogens with one attached hydrogen (secondary N) is 1. The minimum absolute atomic E-state index is 0.344. The summed E-state index contributed by atoms with van der Waals surface area (Å²) in [5.41, 5.74) is 6.11. The second kappa shape index (κ2) is 8.25. The highest BCUT2D eigenvalue weighted by atomic mass is 32.1. The van der Waals surface area contributed by atoms with Crippen molar-refractivity contribution in [2.24, 2.45) is 5.92 Å². The van der Waals surface area contributed by atoms with Crippen molar-refractivity contribution in [3.8, 4) is 21.7 Å². The van der Waals surface area contributed by atoms with E-state index >= 15 is 0 Å². The first-order valence-electron chi connectivity index (χ1n) is 11.2. The summed E-state index contributed by atoms with van der Waals surface area (Å²) in [5, 5.41) is 11.2. The lowest BCUT2D eigenvalue weighted by Crippen LogP contribution is -2.50. The van der Waals surface area contributed by atoms with Crippen molar-refractivity contribution in [3.63, 3.8) is 0 Å². The summed E-state index contributed by atoms with van der Waals surface area (Å²) in [6.07, 6.45) is 6.80. The molecule has 2 aliphatic rings. The number of halogens is 1. The third-order valence-corrected chi connectivity index (χ3v) is 7.65. The van der Waals surface area contributed by atoms with E-state index in [1.165, 1.54) is 0 Å². The molecule has 4 aromatic rings. The standard InChI is InChI=1S/C27H22FN3O2S/c28-20-10-8-17(9-11-20)16-4-6-18(7-5-16)24-25(22-2-1-3-23-21(22)12-13-29-23)34-27(30-24)31-14-19(15-31)26(32)33/h1-10,12-13,19-20,29H,11,14-15H2,(H,32,33). The fourth-order valence-electron chi connectivity index (χ4n) is 4.53. The number of alkyl halides is 1. The molecule has 1 aliphatic carbocycles. The number of carboxylic acids is 1. The highest BCUT2D eigenvalue weighted by Crippen LogP contribution is 2.44. The van der Waals surface area contributed by atoms with E-state index < -0.39 is 12.1 Å². The summed E-state index contributed by atoms with van der Waals surface area (Å²) in [6.45, 7) is 0.955. The van der Waals surface area contributed by atoms with E-state index in [1.54, 1.807) is 17.4 Å². The highest BCUT2D eigenvalue weighted by molar-refractivity contribution is 7.19. The molecule has 5 nitrogen and oxygen atoms in total. The Balaban J connectivity index is 1.40. The molecule has 1 saturated heterocycles. The summed E-state index contributed by atoms with van der Waals surface area (Å²) in [4.78, 5) is 22.6. The van der Waals surface area contributed by atoms with Gasteiger partial charge in [-0.3, -0.25) is 4.79 Å². The average Bonchev–Trinajstić information content (AvgIpc) is 3.46. The van der Waals surface area contributed by atoms with Crippen LogP contribution in [0.25, 0.3) is 38.2 Å². The molecule has 1 fully saturated rings. The minimum atomic E-state index is -0.905. The van der Waals surface area contributed by atoms with Gasteiger partial charge >= 0.3 is 5.97 Å². The molecule has 7 heteroatoms. The van der Waals surface area contributed by atoms with E-state index in [-0.39, 0.29) is 5.92 Å². The second-order valence-electron chi connectivity index (χ2n) is 8.71. The first-order chi connectivity index (χ1) is 16.6. The maximum atomic E-state index is 13.4. The van der Waals surface area contributed by atoms with Gasteiger partial charge in [-0.05, 0) is 29.3 Å². The van der Waals surface area contributed by atoms with Crippen molar-refractivity contribution in [2.75, 3.05) is 18.0 Å². The Bertz CT molecular complexity index is 1440. The number of rotatable bonds is 5. The molecule has 1 atom stereocenters. The van der Waals surface area contributed by atoms with Gasteiger partial charge in [-0.15, -0.1) is 0 Å². The number of fused-ring (bicyclic) bond motifs is 1. The summed E-state index contributed by atoms with van der Waals surface area (Å²) < 4.78 is 13.4. The van der Waals surface area contributed by atoms with Crippen molar-refractivity contribution in [1.29, 1.82) is 0 Å². The van der Waals surface area contributed by atoms with Gasteiger partial charge in [0.05, 0.1) is 16.5 Å². The van der Waals surface area contributed by atoms with Crippen molar-refractivity contribution in [3.05, 3.63) is 78.5 Å². The molecule has 170 valence electrons. The van der Waals surface area contributed by atoms with Crippen LogP contribution >= 0.6 is 11.3 Å². The topological polar surface area (TPSA) is 69.2 Å². The molecule has 2 N–H and O–H groups in total. The van der Waals surface area contributed by atoms with E-state index in [4.69, 9.17) is 4.98 Å². The number of carboxylic acid groups (broad SMARTS) is 1. The van der Waals surface area contributed by atoms with Crippen molar-refractivity contribution in [2.45, 2.75) is 12.6 Å². The number of aliphatic carboxylic acids is 1. The van der Waals surface area contributed by atoms with Crippen LogP contribution in [0.15, 0.2) is 73.0 Å². The first-order valence-corrected chi connectivity index (χ1v) is 12.1. The Morgan fingerprint density at radius 1 is 1.12 bits per heavy atom. The average molecular weight is 472 g/mol. The number of hydrogen-bond donors (Lipinski definition) is 2. The van der Waals surface area contributed by atoms with Gasteiger partial charge in [0.1, 0.15) is 6.17 Å². The van der Waals surface area contributed by atoms with Crippen LogP contribution in [-0.4, -0.2) is 40.3 Å². The number of aromatic nitrogens is 2. The van der Waals surface area contributed by atoms with Gasteiger partial charge in [-0.1, -0.05) is 59.9 Å². The van der Waals surface area contributed by atoms with Crippen molar-refractivity contribution >= 4 is 38.9 Å². The quantitative estimate of drug-likeness (QED) is 0.366. The van der Waals surface area contributed by atoms with E-state index in [0.29, 0.717) is 19.5 Å². The van der Waals surface area contributed by atoms with Crippen LogP contribution in [0.5, 0.6) is 0 Å². The molecular weight excluding hydrogens is 449 g/mol. The number of allylic oxidation sites excluding steroid dienone is 4. The van der Waals surface area contributed by atoms with Gasteiger partial charge in [0, 0.05) is 47.7 Å². The number of benzene rings is 2. The van der Waals surface area contributed by atoms with Crippen LogP contribution < -0.4 is 4.90 Å². The smallest absolute Gasteiger partial charge is 0.310 e. The Morgan fingerprint density at radius 2 is 1.91 bits per heavy atom. The molecule has 0 bridgehead atoms. The molecule has 0 spiro atoms. The lowest BCUT2D eigenvalue weighted by molar-refractivity contribution is -0.142. The van der Waals surface area contributed by atoms with Crippen LogP contribution in [0, 0.1) is 5.92 Å². The lowest BCUT2D eigenvalue weighted by atomic mass is 9.97. The molecule has 0 radical (unpaired) electrons. The number of H-pyrrole nitrogens is 1. The van der Waals surface area contributed by atoms with Gasteiger partial charge < -0.3 is 15.0 Å². The lowest BCUT2D eigenvalue weighted by Gasteiger charge is -2.36. The van der Waals surface area contributed by atoms with Crippen LogP contribution in [0.1, 0.15) is 12.0 Å². The zero-order valence-corrected chi connectivity index (χ0v) is 19.1. The molecule has 2 aromatic heterocycles. The van der Waals surface area contributed by atoms with Crippen LogP contribution in [0.2, 0.25) is 0 Å². The van der Waals surface area contributed by atoms with E-state index in [9.17, 15) is 14.3 Å². The van der Waals surface area contributed by atoms with Crippen LogP contribution in [0.3, 0.4) is 0 Å². The summed E-state index contributed by atoms with van der Waals surface area (Å²) in [7, 11) is 0. The predicted molar refractivity (Wildman–Crippen MR) is 135 cm³/mol. The maximum Gasteiger partial charge on any atom is 0.310 e. The Morgan fingerprint density at radius 3 is 2.65 bits per heavy atom. The molecule has 1 aliphatic heterocycles. The fraction of sp³-hybridized carbons (Fsp3) is 0.185. The van der Waals surface area contributed by atoms with Gasteiger partial charge in [-0.25, -0.2) is 9.37 Å². The van der Waals surface area contributed by atoms with Crippen molar-refractivity contribution in [1.82, 2.24) is 9.97 Å². The zero-order valence-electron chi connectivity index (χ0n) is 18.2. The maximum absolute atomic E-state index is 13.4. The Hall–Kier alpha value is -3.71. The Kier molecular flexibility index (Phi) is 5.07. The molecule has 0 amide bonds. The molecule has 1 unspecified atom stereocenters. The van der Waals surface area contributed by atoms with Gasteiger partial charge in [0.15, 0.2) is 5.13 Å². The molecule has 0 saturated carbocycles. The summed E-state index contributed by atoms with van der Waals surface area (Å²) in [5.74, 6) is -1.10. The number of anilines is 1. The third-order valence-electron chi connectivity index (χ3n) is 6.50. The molecule has 6 rings (SSSR count). The zero-order chi connectivity index (χ0) is 23.2. The summed E-state index contributed by atoms with van der Waals surface area (Å²) in [6, 6.07) is 16.5. The van der Waals surface area contributed by atoms with Gasteiger partial charge in [0.25, 0.3) is 0 Å².